The highest BCUT2D eigenvalue weighted by atomic mass is 16.4. The molecule has 186 valence electrons. The molecule has 5 rings (SSSR count). The SMILES string of the molecule is Cc1ccc(C(NC(=O)Cc2ccc3oc(C(C)(O)c4ccncc4)cc3n2)c2ccccc2)c(C)c1. The molecule has 0 spiro atoms. The van der Waals surface area contributed by atoms with Gasteiger partial charge in [-0.3, -0.25) is 9.78 Å². The number of nitrogens with zero attached hydrogens (tertiary/aromatic N) is 2. The van der Waals surface area contributed by atoms with Gasteiger partial charge in [0, 0.05) is 18.5 Å². The normalized spacial score (nSPS) is 13.7. The molecule has 0 aliphatic rings. The first-order valence-electron chi connectivity index (χ1n) is 12.3. The molecular formula is C31H29N3O3. The highest BCUT2D eigenvalue weighted by Crippen LogP contribution is 2.32. The Labute approximate surface area is 216 Å². The number of furan rings is 1. The first kappa shape index (κ1) is 24.4. The largest absolute Gasteiger partial charge is 0.456 e. The van der Waals surface area contributed by atoms with E-state index in [9.17, 15) is 9.90 Å². The van der Waals surface area contributed by atoms with Crippen molar-refractivity contribution in [3.63, 3.8) is 0 Å². The van der Waals surface area contributed by atoms with E-state index in [-0.39, 0.29) is 18.4 Å². The molecule has 0 saturated carbocycles. The zero-order valence-corrected chi connectivity index (χ0v) is 21.1. The molecule has 2 unspecified atom stereocenters. The van der Waals surface area contributed by atoms with Gasteiger partial charge in [-0.25, -0.2) is 4.98 Å². The second-order valence-electron chi connectivity index (χ2n) is 9.55. The molecule has 5 aromatic rings. The van der Waals surface area contributed by atoms with Gasteiger partial charge in [0.15, 0.2) is 5.58 Å². The van der Waals surface area contributed by atoms with Crippen molar-refractivity contribution in [1.29, 1.82) is 0 Å². The molecule has 3 heterocycles. The van der Waals surface area contributed by atoms with Crippen molar-refractivity contribution in [3.8, 4) is 0 Å². The molecule has 1 amide bonds. The molecule has 6 nitrogen and oxygen atoms in total. The standard InChI is InChI=1S/C31H29N3O3/c1-20-9-11-25(21(2)17-20)30(22-7-5-4-6-8-22)34-29(35)18-24-10-12-27-26(33-24)19-28(37-27)31(3,36)23-13-15-32-16-14-23/h4-17,19,30,36H,18H2,1-3H3,(H,34,35). The number of amides is 1. The number of nitrogens with one attached hydrogen (secondary N) is 1. The third-order valence-corrected chi connectivity index (χ3v) is 6.67. The number of aliphatic hydroxyl groups is 1. The number of carbonyl (C=O) groups excluding carboxylic acids is 1. The Bertz CT molecular complexity index is 1540. The fourth-order valence-corrected chi connectivity index (χ4v) is 4.64. The second kappa shape index (κ2) is 9.99. The smallest absolute Gasteiger partial charge is 0.226 e. The van der Waals surface area contributed by atoms with E-state index >= 15 is 0 Å². The Hall–Kier alpha value is -4.29. The molecule has 0 radical (unpaired) electrons. The van der Waals surface area contributed by atoms with Gasteiger partial charge in [0.2, 0.25) is 5.91 Å². The number of aryl methyl sites for hydroxylation is 2. The molecule has 0 aliphatic heterocycles. The lowest BCUT2D eigenvalue weighted by Crippen LogP contribution is -2.31. The van der Waals surface area contributed by atoms with Crippen LogP contribution in [0.25, 0.3) is 11.1 Å². The first-order valence-corrected chi connectivity index (χ1v) is 12.3. The number of rotatable bonds is 7. The van der Waals surface area contributed by atoms with Crippen molar-refractivity contribution < 1.29 is 14.3 Å². The first-order chi connectivity index (χ1) is 17.8. The fourth-order valence-electron chi connectivity index (χ4n) is 4.64. The summed E-state index contributed by atoms with van der Waals surface area (Å²) in [5, 5.41) is 14.3. The monoisotopic (exact) mass is 491 g/mol. The maximum atomic E-state index is 13.2. The molecule has 0 saturated heterocycles. The van der Waals surface area contributed by atoms with Gasteiger partial charge in [-0.1, -0.05) is 54.1 Å². The predicted octanol–water partition coefficient (Wildman–Crippen LogP) is 5.54. The van der Waals surface area contributed by atoms with Crippen molar-refractivity contribution in [2.45, 2.75) is 38.8 Å². The number of pyridine rings is 2. The van der Waals surface area contributed by atoms with Crippen LogP contribution in [0.3, 0.4) is 0 Å². The average molecular weight is 492 g/mol. The number of aromatic nitrogens is 2. The zero-order valence-electron chi connectivity index (χ0n) is 21.1. The lowest BCUT2D eigenvalue weighted by molar-refractivity contribution is -0.121. The number of hydrogen-bond acceptors (Lipinski definition) is 5. The molecule has 0 bridgehead atoms. The lowest BCUT2D eigenvalue weighted by Gasteiger charge is -2.22. The van der Waals surface area contributed by atoms with Gasteiger partial charge in [-0.15, -0.1) is 0 Å². The minimum absolute atomic E-state index is 0.117. The van der Waals surface area contributed by atoms with Crippen LogP contribution in [0, 0.1) is 13.8 Å². The fraction of sp³-hybridized carbons (Fsp3) is 0.194. The van der Waals surface area contributed by atoms with E-state index in [4.69, 9.17) is 4.42 Å². The van der Waals surface area contributed by atoms with Gasteiger partial charge >= 0.3 is 0 Å². The van der Waals surface area contributed by atoms with Crippen LogP contribution >= 0.6 is 0 Å². The Kier molecular flexibility index (Phi) is 6.59. The van der Waals surface area contributed by atoms with Crippen LogP contribution in [0.15, 0.2) is 95.7 Å². The quantitative estimate of drug-likeness (QED) is 0.312. The molecule has 2 N–H and O–H groups in total. The van der Waals surface area contributed by atoms with Gasteiger partial charge < -0.3 is 14.8 Å². The maximum Gasteiger partial charge on any atom is 0.226 e. The van der Waals surface area contributed by atoms with Crippen LogP contribution in [0.2, 0.25) is 0 Å². The summed E-state index contributed by atoms with van der Waals surface area (Å²) in [5.74, 6) is 0.245. The summed E-state index contributed by atoms with van der Waals surface area (Å²) in [7, 11) is 0. The van der Waals surface area contributed by atoms with Gasteiger partial charge in [-0.2, -0.15) is 0 Å². The summed E-state index contributed by atoms with van der Waals surface area (Å²) in [5.41, 5.74) is 5.47. The Morgan fingerprint density at radius 3 is 2.49 bits per heavy atom. The summed E-state index contributed by atoms with van der Waals surface area (Å²) in [6.45, 7) is 5.80. The Morgan fingerprint density at radius 2 is 1.76 bits per heavy atom. The van der Waals surface area contributed by atoms with Crippen molar-refractivity contribution in [2.75, 3.05) is 0 Å². The van der Waals surface area contributed by atoms with Gasteiger partial charge in [0.1, 0.15) is 16.9 Å². The van der Waals surface area contributed by atoms with Crippen LogP contribution < -0.4 is 5.32 Å². The zero-order chi connectivity index (χ0) is 26.0. The molecule has 2 aromatic carbocycles. The highest BCUT2D eigenvalue weighted by Gasteiger charge is 2.30. The molecular weight excluding hydrogens is 462 g/mol. The van der Waals surface area contributed by atoms with Crippen LogP contribution in [-0.4, -0.2) is 21.0 Å². The van der Waals surface area contributed by atoms with E-state index in [0.29, 0.717) is 28.1 Å². The number of benzene rings is 2. The van der Waals surface area contributed by atoms with Crippen LogP contribution in [0.5, 0.6) is 0 Å². The minimum atomic E-state index is -1.34. The molecule has 3 aromatic heterocycles. The summed E-state index contributed by atoms with van der Waals surface area (Å²) < 4.78 is 5.92. The van der Waals surface area contributed by atoms with E-state index < -0.39 is 5.60 Å². The molecule has 0 fully saturated rings. The second-order valence-corrected chi connectivity index (χ2v) is 9.55. The van der Waals surface area contributed by atoms with Gasteiger partial charge in [0.25, 0.3) is 0 Å². The van der Waals surface area contributed by atoms with E-state index in [0.717, 1.165) is 16.7 Å². The third kappa shape index (κ3) is 5.15. The summed E-state index contributed by atoms with van der Waals surface area (Å²) in [4.78, 5) is 21.9. The van der Waals surface area contributed by atoms with Crippen molar-refractivity contribution in [2.24, 2.45) is 0 Å². The average Bonchev–Trinajstić information content (AvgIpc) is 3.33. The Morgan fingerprint density at radius 1 is 1.00 bits per heavy atom. The summed E-state index contributed by atoms with van der Waals surface area (Å²) >= 11 is 0. The van der Waals surface area contributed by atoms with Crippen molar-refractivity contribution in [3.05, 3.63) is 131 Å². The van der Waals surface area contributed by atoms with Crippen molar-refractivity contribution in [1.82, 2.24) is 15.3 Å². The third-order valence-electron chi connectivity index (χ3n) is 6.67. The van der Waals surface area contributed by atoms with Crippen LogP contribution in [0.4, 0.5) is 0 Å². The van der Waals surface area contributed by atoms with Crippen molar-refractivity contribution >= 4 is 17.0 Å². The van der Waals surface area contributed by atoms with E-state index in [1.807, 2.05) is 30.3 Å². The molecule has 37 heavy (non-hydrogen) atoms. The summed E-state index contributed by atoms with van der Waals surface area (Å²) in [6, 6.07) is 24.8. The highest BCUT2D eigenvalue weighted by molar-refractivity contribution is 5.81. The minimum Gasteiger partial charge on any atom is -0.456 e. The van der Waals surface area contributed by atoms with Crippen LogP contribution in [-0.2, 0) is 16.8 Å². The molecule has 0 aliphatic carbocycles. The van der Waals surface area contributed by atoms with Gasteiger partial charge in [0.05, 0.1) is 18.2 Å². The lowest BCUT2D eigenvalue weighted by atomic mass is 9.93. The number of fused-ring (bicyclic) bond motifs is 1. The van der Waals surface area contributed by atoms with E-state index in [1.165, 1.54) is 5.56 Å². The predicted molar refractivity (Wildman–Crippen MR) is 143 cm³/mol. The van der Waals surface area contributed by atoms with Crippen LogP contribution in [0.1, 0.15) is 52.2 Å². The Balaban J connectivity index is 1.38. The maximum absolute atomic E-state index is 13.2. The topological polar surface area (TPSA) is 88.2 Å². The number of carbonyl (C=O) groups is 1. The number of hydrogen-bond donors (Lipinski definition) is 2. The van der Waals surface area contributed by atoms with E-state index in [2.05, 4.69) is 47.3 Å². The molecule has 6 heteroatoms. The summed E-state index contributed by atoms with van der Waals surface area (Å²) in [6.07, 6.45) is 3.37. The van der Waals surface area contributed by atoms with Gasteiger partial charge in [-0.05, 0) is 67.3 Å². The molecule has 2 atom stereocenters. The van der Waals surface area contributed by atoms with E-state index in [1.54, 1.807) is 49.6 Å².